The van der Waals surface area contributed by atoms with Crippen molar-refractivity contribution in [2.75, 3.05) is 0 Å². The van der Waals surface area contributed by atoms with Crippen LogP contribution in [0.3, 0.4) is 0 Å². The average molecular weight is 124 g/mol. The molecule has 0 heterocycles. The summed E-state index contributed by atoms with van der Waals surface area (Å²) in [4.78, 5) is 0. The molecule has 0 spiro atoms. The topological polar surface area (TPSA) is 0 Å². The maximum atomic E-state index is 3.64. The summed E-state index contributed by atoms with van der Waals surface area (Å²) >= 11 is 0. The first kappa shape index (κ1) is 7.70. The summed E-state index contributed by atoms with van der Waals surface area (Å²) in [5.74, 6) is 0. The van der Waals surface area contributed by atoms with Crippen molar-refractivity contribution in [2.45, 2.75) is 18.5 Å². The third-order valence-electron chi connectivity index (χ3n) is 0.814. The molecule has 0 unspecified atom stereocenters. The van der Waals surface area contributed by atoms with Crippen LogP contribution in [-0.4, -0.2) is 9.52 Å². The normalized spacial score (nSPS) is 8.50. The van der Waals surface area contributed by atoms with Gasteiger partial charge >= 0.3 is 0 Å². The molecular formula is C7H12Si. The summed E-state index contributed by atoms with van der Waals surface area (Å²) in [5.41, 5.74) is 0. The lowest BCUT2D eigenvalue weighted by Gasteiger charge is -1.87. The molecule has 0 saturated heterocycles. The van der Waals surface area contributed by atoms with Gasteiger partial charge in [-0.3, -0.25) is 0 Å². The molecule has 0 N–H and O–H groups in total. The van der Waals surface area contributed by atoms with E-state index in [-0.39, 0.29) is 0 Å². The fourth-order valence-corrected chi connectivity index (χ4v) is 1.22. The zero-order chi connectivity index (χ0) is 6.24. The smallest absolute Gasteiger partial charge is 0.0423 e. The summed E-state index contributed by atoms with van der Waals surface area (Å²) in [6.45, 7) is 7.28. The number of hydrogen-bond donors (Lipinski definition) is 0. The molecular weight excluding hydrogens is 112 g/mol. The van der Waals surface area contributed by atoms with Crippen LogP contribution in [0.4, 0.5) is 0 Å². The Morgan fingerprint density at radius 3 is 2.50 bits per heavy atom. The predicted octanol–water partition coefficient (Wildman–Crippen LogP) is 2.29. The maximum Gasteiger partial charge on any atom is 0.0423 e. The second kappa shape index (κ2) is 6.70. The van der Waals surface area contributed by atoms with Gasteiger partial charge in [0.25, 0.3) is 0 Å². The van der Waals surface area contributed by atoms with Gasteiger partial charge in [0, 0.05) is 9.52 Å². The number of hydrogen-bond acceptors (Lipinski definition) is 0. The summed E-state index contributed by atoms with van der Waals surface area (Å²) in [6, 6.07) is 2.46. The number of rotatable bonds is 5. The molecule has 0 fully saturated rings. The molecule has 0 aliphatic heterocycles. The first-order valence-corrected chi connectivity index (χ1v) is 4.25. The van der Waals surface area contributed by atoms with Crippen LogP contribution in [0.25, 0.3) is 0 Å². The van der Waals surface area contributed by atoms with Gasteiger partial charge < -0.3 is 0 Å². The van der Waals surface area contributed by atoms with Gasteiger partial charge in [-0.05, 0) is 12.5 Å². The SMILES string of the molecule is C=CCC[Si]CC=C. The lowest BCUT2D eigenvalue weighted by molar-refractivity contribution is 1.20. The Morgan fingerprint density at radius 2 is 2.00 bits per heavy atom. The van der Waals surface area contributed by atoms with Crippen LogP contribution in [0.2, 0.25) is 12.1 Å². The standard InChI is InChI=1S/C7H12Si/c1-3-5-7-8-6-4-2/h3-4H,1-2,5-7H2. The van der Waals surface area contributed by atoms with Crippen molar-refractivity contribution in [3.8, 4) is 0 Å². The van der Waals surface area contributed by atoms with E-state index < -0.39 is 0 Å². The van der Waals surface area contributed by atoms with E-state index in [1.807, 2.05) is 12.2 Å². The Hall–Kier alpha value is -0.303. The van der Waals surface area contributed by atoms with Gasteiger partial charge in [-0.25, -0.2) is 0 Å². The van der Waals surface area contributed by atoms with Crippen LogP contribution in [0.5, 0.6) is 0 Å². The van der Waals surface area contributed by atoms with Gasteiger partial charge in [-0.15, -0.1) is 13.2 Å². The Bertz CT molecular complexity index is 56.8. The largest absolute Gasteiger partial charge is 0.103 e. The van der Waals surface area contributed by atoms with E-state index in [1.165, 1.54) is 12.1 Å². The van der Waals surface area contributed by atoms with E-state index in [4.69, 9.17) is 0 Å². The molecule has 2 radical (unpaired) electrons. The van der Waals surface area contributed by atoms with E-state index >= 15 is 0 Å². The van der Waals surface area contributed by atoms with E-state index in [1.54, 1.807) is 0 Å². The molecule has 0 atom stereocenters. The van der Waals surface area contributed by atoms with Gasteiger partial charge in [0.05, 0.1) is 0 Å². The van der Waals surface area contributed by atoms with Gasteiger partial charge in [-0.2, -0.15) is 0 Å². The molecule has 44 valence electrons. The minimum absolute atomic E-state index is 1.05. The summed E-state index contributed by atoms with van der Waals surface area (Å²) in [6.07, 6.45) is 5.10. The van der Waals surface area contributed by atoms with Crippen LogP contribution < -0.4 is 0 Å². The van der Waals surface area contributed by atoms with Crippen molar-refractivity contribution >= 4 is 9.52 Å². The third-order valence-corrected chi connectivity index (χ3v) is 2.03. The lowest BCUT2D eigenvalue weighted by atomic mass is 10.5. The summed E-state index contributed by atoms with van der Waals surface area (Å²) in [7, 11) is 1.05. The highest BCUT2D eigenvalue weighted by Gasteiger charge is 1.81. The Kier molecular flexibility index (Phi) is 6.44. The molecule has 0 nitrogen and oxygen atoms in total. The third kappa shape index (κ3) is 5.70. The van der Waals surface area contributed by atoms with Crippen LogP contribution in [0.1, 0.15) is 6.42 Å². The molecule has 0 aliphatic carbocycles. The minimum Gasteiger partial charge on any atom is -0.103 e. The van der Waals surface area contributed by atoms with E-state index in [9.17, 15) is 0 Å². The van der Waals surface area contributed by atoms with Crippen molar-refractivity contribution in [1.29, 1.82) is 0 Å². The Labute approximate surface area is 54.1 Å². The Balaban J connectivity index is 2.71. The van der Waals surface area contributed by atoms with Gasteiger partial charge in [0.15, 0.2) is 0 Å². The van der Waals surface area contributed by atoms with Gasteiger partial charge in [0.2, 0.25) is 0 Å². The molecule has 0 aromatic heterocycles. The fraction of sp³-hybridized carbons (Fsp3) is 0.429. The second-order valence-corrected chi connectivity index (χ2v) is 2.98. The van der Waals surface area contributed by atoms with Crippen molar-refractivity contribution in [1.82, 2.24) is 0 Å². The molecule has 0 aromatic rings. The molecule has 0 aromatic carbocycles. The van der Waals surface area contributed by atoms with Crippen molar-refractivity contribution in [3.63, 3.8) is 0 Å². The van der Waals surface area contributed by atoms with Crippen molar-refractivity contribution in [2.24, 2.45) is 0 Å². The van der Waals surface area contributed by atoms with Crippen LogP contribution in [0.15, 0.2) is 25.3 Å². The van der Waals surface area contributed by atoms with E-state index in [0.29, 0.717) is 0 Å². The average Bonchev–Trinajstić information content (AvgIpc) is 1.81. The van der Waals surface area contributed by atoms with E-state index in [2.05, 4.69) is 13.2 Å². The Morgan fingerprint density at radius 1 is 1.25 bits per heavy atom. The van der Waals surface area contributed by atoms with Gasteiger partial charge in [0.1, 0.15) is 0 Å². The minimum atomic E-state index is 1.05. The molecule has 0 bridgehead atoms. The zero-order valence-electron chi connectivity index (χ0n) is 5.19. The highest BCUT2D eigenvalue weighted by molar-refractivity contribution is 6.36. The molecule has 8 heavy (non-hydrogen) atoms. The summed E-state index contributed by atoms with van der Waals surface area (Å²) in [5, 5.41) is 0. The quantitative estimate of drug-likeness (QED) is 0.300. The molecule has 0 aliphatic rings. The fourth-order valence-electron chi connectivity index (χ4n) is 0.408. The maximum absolute atomic E-state index is 3.64. The van der Waals surface area contributed by atoms with Crippen molar-refractivity contribution in [3.05, 3.63) is 25.3 Å². The highest BCUT2D eigenvalue weighted by Crippen LogP contribution is 1.91. The van der Waals surface area contributed by atoms with Crippen LogP contribution in [-0.2, 0) is 0 Å². The predicted molar refractivity (Wildman–Crippen MR) is 40.4 cm³/mol. The first-order chi connectivity index (χ1) is 3.91. The van der Waals surface area contributed by atoms with Crippen molar-refractivity contribution < 1.29 is 0 Å². The molecule has 1 heteroatoms. The highest BCUT2D eigenvalue weighted by atomic mass is 28.2. The monoisotopic (exact) mass is 124 g/mol. The lowest BCUT2D eigenvalue weighted by Crippen LogP contribution is -1.82. The van der Waals surface area contributed by atoms with Crippen LogP contribution in [0, 0.1) is 0 Å². The van der Waals surface area contributed by atoms with E-state index in [0.717, 1.165) is 15.9 Å². The number of allylic oxidation sites excluding steroid dienone is 2. The zero-order valence-corrected chi connectivity index (χ0v) is 6.19. The molecule has 0 rings (SSSR count). The summed E-state index contributed by atoms with van der Waals surface area (Å²) < 4.78 is 0. The molecule has 0 amide bonds. The first-order valence-electron chi connectivity index (χ1n) is 2.84. The van der Waals surface area contributed by atoms with Gasteiger partial charge in [-0.1, -0.05) is 18.2 Å². The van der Waals surface area contributed by atoms with Crippen LogP contribution >= 0.6 is 0 Å². The second-order valence-electron chi connectivity index (χ2n) is 1.57. The molecule has 0 saturated carbocycles.